The molecule has 1 aliphatic heterocycles. The summed E-state index contributed by atoms with van der Waals surface area (Å²) >= 11 is 0. The van der Waals surface area contributed by atoms with Crippen molar-refractivity contribution in [3.8, 4) is 0 Å². The Kier molecular flexibility index (Phi) is 2.89. The maximum Gasteiger partial charge on any atom is 0.328 e. The Morgan fingerprint density at radius 1 is 1.62 bits per heavy atom. The third-order valence-corrected chi connectivity index (χ3v) is 2.69. The molecule has 2 rings (SSSR count). The fraction of sp³-hybridized carbons (Fsp3) is 0.500. The summed E-state index contributed by atoms with van der Waals surface area (Å²) in [5.41, 5.74) is 5.59. The van der Waals surface area contributed by atoms with E-state index in [0.717, 1.165) is 19.4 Å². The van der Waals surface area contributed by atoms with Gasteiger partial charge in [0.05, 0.1) is 7.11 Å². The smallest absolute Gasteiger partial charge is 0.328 e. The van der Waals surface area contributed by atoms with Gasteiger partial charge in [-0.3, -0.25) is 0 Å². The molecule has 0 radical (unpaired) electrons. The molecule has 1 aromatic rings. The third-order valence-electron chi connectivity index (χ3n) is 2.69. The lowest BCUT2D eigenvalue weighted by Crippen LogP contribution is -2.37. The van der Waals surface area contributed by atoms with Gasteiger partial charge >= 0.3 is 5.97 Å². The van der Waals surface area contributed by atoms with Gasteiger partial charge in [0.1, 0.15) is 24.0 Å². The number of ether oxygens (including phenoxy) is 1. The number of carbonyl (C=O) groups excluding carboxylic acids is 1. The molecule has 1 atom stereocenters. The first kappa shape index (κ1) is 10.7. The number of nitrogens with zero attached hydrogens (tertiary/aromatic N) is 3. The number of methoxy groups -OCH3 is 1. The summed E-state index contributed by atoms with van der Waals surface area (Å²) in [5, 5.41) is 0. The van der Waals surface area contributed by atoms with Crippen LogP contribution in [0.25, 0.3) is 0 Å². The van der Waals surface area contributed by atoms with Crippen LogP contribution in [0.3, 0.4) is 0 Å². The number of aromatic nitrogens is 2. The molecule has 1 aromatic heterocycles. The van der Waals surface area contributed by atoms with Crippen molar-refractivity contribution >= 4 is 17.6 Å². The van der Waals surface area contributed by atoms with Crippen LogP contribution in [0.1, 0.15) is 12.8 Å². The number of hydrogen-bond donors (Lipinski definition) is 1. The number of hydrogen-bond acceptors (Lipinski definition) is 6. The van der Waals surface area contributed by atoms with Crippen LogP contribution >= 0.6 is 0 Å². The number of carbonyl (C=O) groups is 1. The maximum atomic E-state index is 11.5. The molecule has 1 aliphatic rings. The Bertz CT molecular complexity index is 396. The number of anilines is 2. The fourth-order valence-corrected chi connectivity index (χ4v) is 1.94. The molecule has 1 fully saturated rings. The highest BCUT2D eigenvalue weighted by atomic mass is 16.5. The van der Waals surface area contributed by atoms with Crippen molar-refractivity contribution in [2.45, 2.75) is 18.9 Å². The lowest BCUT2D eigenvalue weighted by atomic mass is 10.2. The van der Waals surface area contributed by atoms with Crippen molar-refractivity contribution in [2.24, 2.45) is 0 Å². The van der Waals surface area contributed by atoms with Crippen molar-refractivity contribution in [2.75, 3.05) is 24.3 Å². The van der Waals surface area contributed by atoms with E-state index < -0.39 is 0 Å². The lowest BCUT2D eigenvalue weighted by Gasteiger charge is -2.23. The van der Waals surface area contributed by atoms with Gasteiger partial charge in [0.2, 0.25) is 0 Å². The van der Waals surface area contributed by atoms with Gasteiger partial charge in [0.15, 0.2) is 0 Å². The second-order valence-electron chi connectivity index (χ2n) is 3.68. The molecule has 0 bridgehead atoms. The molecule has 0 spiro atoms. The monoisotopic (exact) mass is 222 g/mol. The van der Waals surface area contributed by atoms with Gasteiger partial charge in [-0.1, -0.05) is 0 Å². The molecule has 6 heteroatoms. The van der Waals surface area contributed by atoms with Crippen molar-refractivity contribution in [1.29, 1.82) is 0 Å². The molecule has 0 amide bonds. The Balaban J connectivity index is 2.23. The molecule has 2 heterocycles. The zero-order chi connectivity index (χ0) is 11.5. The average molecular weight is 222 g/mol. The summed E-state index contributed by atoms with van der Waals surface area (Å²) in [4.78, 5) is 21.4. The van der Waals surface area contributed by atoms with Crippen LogP contribution in [-0.4, -0.2) is 35.6 Å². The highest BCUT2D eigenvalue weighted by Gasteiger charge is 2.32. The largest absolute Gasteiger partial charge is 0.467 e. The van der Waals surface area contributed by atoms with Crippen LogP contribution in [0.2, 0.25) is 0 Å². The minimum Gasteiger partial charge on any atom is -0.467 e. The zero-order valence-electron chi connectivity index (χ0n) is 9.09. The normalized spacial score (nSPS) is 19.8. The standard InChI is InChI=1S/C10H14N4O2/c1-16-10(15)7-3-2-4-14(7)9-5-8(11)12-6-13-9/h5-7H,2-4H2,1H3,(H2,11,12,13). The van der Waals surface area contributed by atoms with Crippen molar-refractivity contribution in [3.05, 3.63) is 12.4 Å². The lowest BCUT2D eigenvalue weighted by molar-refractivity contribution is -0.141. The summed E-state index contributed by atoms with van der Waals surface area (Å²) < 4.78 is 4.76. The van der Waals surface area contributed by atoms with Gasteiger partial charge in [-0.15, -0.1) is 0 Å². The molecule has 16 heavy (non-hydrogen) atoms. The molecular formula is C10H14N4O2. The number of rotatable bonds is 2. The van der Waals surface area contributed by atoms with E-state index in [-0.39, 0.29) is 12.0 Å². The summed E-state index contributed by atoms with van der Waals surface area (Å²) in [7, 11) is 1.40. The van der Waals surface area contributed by atoms with Gasteiger partial charge in [0.25, 0.3) is 0 Å². The third kappa shape index (κ3) is 1.91. The summed E-state index contributed by atoms with van der Waals surface area (Å²) in [6.07, 6.45) is 3.14. The molecule has 1 unspecified atom stereocenters. The molecule has 1 saturated heterocycles. The van der Waals surface area contributed by atoms with Crippen molar-refractivity contribution in [1.82, 2.24) is 9.97 Å². The zero-order valence-corrected chi connectivity index (χ0v) is 9.09. The second kappa shape index (κ2) is 4.34. The first-order valence-electron chi connectivity index (χ1n) is 5.14. The highest BCUT2D eigenvalue weighted by molar-refractivity contribution is 5.80. The van der Waals surface area contributed by atoms with Gasteiger partial charge in [-0.2, -0.15) is 0 Å². The van der Waals surface area contributed by atoms with Crippen LogP contribution in [0.4, 0.5) is 11.6 Å². The van der Waals surface area contributed by atoms with Crippen LogP contribution in [0.15, 0.2) is 12.4 Å². The first-order valence-corrected chi connectivity index (χ1v) is 5.14. The van der Waals surface area contributed by atoms with Crippen LogP contribution < -0.4 is 10.6 Å². The quantitative estimate of drug-likeness (QED) is 0.720. The van der Waals surface area contributed by atoms with E-state index >= 15 is 0 Å². The number of esters is 1. The second-order valence-corrected chi connectivity index (χ2v) is 3.68. The molecule has 0 saturated carbocycles. The molecule has 6 nitrogen and oxygen atoms in total. The SMILES string of the molecule is COC(=O)C1CCCN1c1cc(N)ncn1. The van der Waals surface area contributed by atoms with Crippen LogP contribution in [0.5, 0.6) is 0 Å². The van der Waals surface area contributed by atoms with Gasteiger partial charge in [-0.25, -0.2) is 14.8 Å². The van der Waals surface area contributed by atoms with Gasteiger partial charge < -0.3 is 15.4 Å². The van der Waals surface area contributed by atoms with E-state index in [4.69, 9.17) is 10.5 Å². The summed E-state index contributed by atoms with van der Waals surface area (Å²) in [5.74, 6) is 0.857. The van der Waals surface area contributed by atoms with Crippen LogP contribution in [-0.2, 0) is 9.53 Å². The predicted molar refractivity (Wildman–Crippen MR) is 58.8 cm³/mol. The summed E-state index contributed by atoms with van der Waals surface area (Å²) in [6, 6.07) is 1.42. The number of nitrogens with two attached hydrogens (primary N) is 1. The Labute approximate surface area is 93.4 Å². The van der Waals surface area contributed by atoms with Gasteiger partial charge in [0, 0.05) is 12.6 Å². The summed E-state index contributed by atoms with van der Waals surface area (Å²) in [6.45, 7) is 0.788. The Morgan fingerprint density at radius 3 is 3.12 bits per heavy atom. The highest BCUT2D eigenvalue weighted by Crippen LogP contribution is 2.24. The molecule has 0 aromatic carbocycles. The van der Waals surface area contributed by atoms with E-state index in [2.05, 4.69) is 9.97 Å². The van der Waals surface area contributed by atoms with E-state index in [0.29, 0.717) is 11.6 Å². The molecule has 86 valence electrons. The fourth-order valence-electron chi connectivity index (χ4n) is 1.94. The Morgan fingerprint density at radius 2 is 2.44 bits per heavy atom. The minimum absolute atomic E-state index is 0.227. The topological polar surface area (TPSA) is 81.3 Å². The van der Waals surface area contributed by atoms with Gasteiger partial charge in [-0.05, 0) is 12.8 Å². The maximum absolute atomic E-state index is 11.5. The Hall–Kier alpha value is -1.85. The van der Waals surface area contributed by atoms with E-state index in [1.165, 1.54) is 13.4 Å². The first-order chi connectivity index (χ1) is 7.72. The minimum atomic E-state index is -0.251. The predicted octanol–water partition coefficient (Wildman–Crippen LogP) is 0.201. The van der Waals surface area contributed by atoms with E-state index in [1.807, 2.05) is 4.90 Å². The molecule has 0 aliphatic carbocycles. The van der Waals surface area contributed by atoms with Crippen molar-refractivity contribution in [3.63, 3.8) is 0 Å². The average Bonchev–Trinajstić information content (AvgIpc) is 2.77. The van der Waals surface area contributed by atoms with Crippen LogP contribution in [0, 0.1) is 0 Å². The van der Waals surface area contributed by atoms with Crippen molar-refractivity contribution < 1.29 is 9.53 Å². The molecule has 2 N–H and O–H groups in total. The van der Waals surface area contributed by atoms with E-state index in [1.54, 1.807) is 6.07 Å². The molecular weight excluding hydrogens is 208 g/mol. The number of nitrogen functional groups attached to an aromatic ring is 1. The van der Waals surface area contributed by atoms with E-state index in [9.17, 15) is 4.79 Å².